The van der Waals surface area contributed by atoms with Crippen molar-refractivity contribution < 1.29 is 0 Å². The van der Waals surface area contributed by atoms with E-state index in [2.05, 4.69) is 69.1 Å². The lowest BCUT2D eigenvalue weighted by molar-refractivity contribution is 0.311. The molecule has 2 nitrogen and oxygen atoms in total. The Morgan fingerprint density at radius 3 is 2.05 bits per heavy atom. The van der Waals surface area contributed by atoms with Crippen LogP contribution in [0.5, 0.6) is 0 Å². The molecular weight excluding hydrogens is 244 g/mol. The summed E-state index contributed by atoms with van der Waals surface area (Å²) in [5.41, 5.74) is 2.70. The Hall–Kier alpha value is -1.18. The van der Waals surface area contributed by atoms with Crippen LogP contribution in [-0.4, -0.2) is 18.6 Å². The normalized spacial score (nSPS) is 17.6. The molecule has 0 aromatic heterocycles. The number of nitrogens with zero attached hydrogens (tertiary/aromatic N) is 1. The molecule has 1 aliphatic rings. The molecule has 1 heterocycles. The largest absolute Gasteiger partial charge is 0.380 e. The number of hydrogen-bond acceptors (Lipinski definition) is 2. The van der Waals surface area contributed by atoms with Crippen molar-refractivity contribution in [1.82, 2.24) is 0 Å². The van der Waals surface area contributed by atoms with Gasteiger partial charge in [-0.1, -0.05) is 13.8 Å². The molecule has 0 atom stereocenters. The lowest BCUT2D eigenvalue weighted by atomic mass is 9.86. The van der Waals surface area contributed by atoms with Crippen molar-refractivity contribution >= 4 is 11.4 Å². The Bertz CT molecular complexity index is 406. The van der Waals surface area contributed by atoms with Crippen LogP contribution in [0.1, 0.15) is 47.5 Å². The summed E-state index contributed by atoms with van der Waals surface area (Å²) in [6.45, 7) is 13.7. The van der Waals surface area contributed by atoms with Gasteiger partial charge in [0.2, 0.25) is 0 Å². The van der Waals surface area contributed by atoms with Gasteiger partial charge in [-0.15, -0.1) is 0 Å². The van der Waals surface area contributed by atoms with Crippen LogP contribution in [0, 0.1) is 11.8 Å². The fourth-order valence-corrected chi connectivity index (χ4v) is 3.01. The van der Waals surface area contributed by atoms with Crippen molar-refractivity contribution in [1.29, 1.82) is 0 Å². The standard InChI is InChI=1S/C18H30N2/c1-14(2)15-10-12-20(13-11-15)17-8-6-16(7-9-17)19-18(3,4)5/h6-9,14-15,19H,10-13H2,1-5H3. The van der Waals surface area contributed by atoms with E-state index in [0.717, 1.165) is 11.8 Å². The fraction of sp³-hybridized carbons (Fsp3) is 0.667. The van der Waals surface area contributed by atoms with Gasteiger partial charge in [0.05, 0.1) is 0 Å². The molecule has 0 saturated carbocycles. The van der Waals surface area contributed by atoms with Crippen molar-refractivity contribution in [2.45, 2.75) is 53.0 Å². The van der Waals surface area contributed by atoms with Gasteiger partial charge in [-0.25, -0.2) is 0 Å². The predicted octanol–water partition coefficient (Wildman–Crippen LogP) is 4.77. The maximum Gasteiger partial charge on any atom is 0.0367 e. The molecule has 0 amide bonds. The van der Waals surface area contributed by atoms with Crippen LogP contribution in [0.3, 0.4) is 0 Å². The molecule has 1 saturated heterocycles. The minimum Gasteiger partial charge on any atom is -0.380 e. The molecule has 112 valence electrons. The van der Waals surface area contributed by atoms with Crippen LogP contribution in [0.15, 0.2) is 24.3 Å². The van der Waals surface area contributed by atoms with Gasteiger partial charge in [0.15, 0.2) is 0 Å². The molecule has 0 unspecified atom stereocenters. The topological polar surface area (TPSA) is 15.3 Å². The Labute approximate surface area is 124 Å². The molecule has 1 N–H and O–H groups in total. The summed E-state index contributed by atoms with van der Waals surface area (Å²) in [6.07, 6.45) is 2.67. The molecule has 0 radical (unpaired) electrons. The van der Waals surface area contributed by atoms with Crippen LogP contribution in [0.4, 0.5) is 11.4 Å². The van der Waals surface area contributed by atoms with E-state index in [0.29, 0.717) is 0 Å². The third-order valence-corrected chi connectivity index (χ3v) is 4.23. The lowest BCUT2D eigenvalue weighted by Crippen LogP contribution is -2.35. The van der Waals surface area contributed by atoms with Gasteiger partial charge in [-0.3, -0.25) is 0 Å². The quantitative estimate of drug-likeness (QED) is 0.854. The molecule has 0 spiro atoms. The van der Waals surface area contributed by atoms with Gasteiger partial charge in [0, 0.05) is 30.0 Å². The van der Waals surface area contributed by atoms with Crippen LogP contribution < -0.4 is 10.2 Å². The summed E-state index contributed by atoms with van der Waals surface area (Å²) in [7, 11) is 0. The number of piperidine rings is 1. The summed E-state index contributed by atoms with van der Waals surface area (Å²) in [5, 5.41) is 3.51. The van der Waals surface area contributed by atoms with Crippen molar-refractivity contribution in [3.63, 3.8) is 0 Å². The van der Waals surface area contributed by atoms with Gasteiger partial charge in [-0.2, -0.15) is 0 Å². The molecule has 1 aromatic carbocycles. The summed E-state index contributed by atoms with van der Waals surface area (Å²) in [4.78, 5) is 2.53. The molecule has 0 bridgehead atoms. The van der Waals surface area contributed by atoms with Crippen LogP contribution in [-0.2, 0) is 0 Å². The highest BCUT2D eigenvalue weighted by Gasteiger charge is 2.21. The predicted molar refractivity (Wildman–Crippen MR) is 89.6 cm³/mol. The number of benzene rings is 1. The summed E-state index contributed by atoms with van der Waals surface area (Å²) in [5.74, 6) is 1.74. The fourth-order valence-electron chi connectivity index (χ4n) is 3.01. The van der Waals surface area contributed by atoms with Crippen LogP contribution in [0.2, 0.25) is 0 Å². The highest BCUT2D eigenvalue weighted by Crippen LogP contribution is 2.28. The average molecular weight is 274 g/mol. The first-order valence-electron chi connectivity index (χ1n) is 7.98. The minimum atomic E-state index is 0.122. The number of rotatable bonds is 3. The molecule has 2 heteroatoms. The van der Waals surface area contributed by atoms with Gasteiger partial charge >= 0.3 is 0 Å². The second-order valence-corrected chi connectivity index (χ2v) is 7.49. The SMILES string of the molecule is CC(C)C1CCN(c2ccc(NC(C)(C)C)cc2)CC1. The number of anilines is 2. The molecule has 1 fully saturated rings. The van der Waals surface area contributed by atoms with Crippen LogP contribution >= 0.6 is 0 Å². The molecule has 2 rings (SSSR count). The smallest absolute Gasteiger partial charge is 0.0367 e. The van der Waals surface area contributed by atoms with Gasteiger partial charge < -0.3 is 10.2 Å². The van der Waals surface area contributed by atoms with E-state index < -0.39 is 0 Å². The first-order valence-corrected chi connectivity index (χ1v) is 7.98. The summed E-state index contributed by atoms with van der Waals surface area (Å²) < 4.78 is 0. The zero-order valence-electron chi connectivity index (χ0n) is 13.7. The molecule has 20 heavy (non-hydrogen) atoms. The average Bonchev–Trinajstić information content (AvgIpc) is 2.38. The molecular formula is C18H30N2. The molecule has 0 aliphatic carbocycles. The van der Waals surface area contributed by atoms with Crippen LogP contribution in [0.25, 0.3) is 0 Å². The Morgan fingerprint density at radius 1 is 1.05 bits per heavy atom. The highest BCUT2D eigenvalue weighted by molar-refractivity contribution is 5.56. The van der Waals surface area contributed by atoms with E-state index in [1.165, 1.54) is 37.3 Å². The van der Waals surface area contributed by atoms with E-state index in [-0.39, 0.29) is 5.54 Å². The zero-order valence-corrected chi connectivity index (χ0v) is 13.7. The summed E-state index contributed by atoms with van der Waals surface area (Å²) in [6, 6.07) is 8.91. The third kappa shape index (κ3) is 4.16. The van der Waals surface area contributed by atoms with Crippen molar-refractivity contribution in [3.8, 4) is 0 Å². The summed E-state index contributed by atoms with van der Waals surface area (Å²) >= 11 is 0. The van der Waals surface area contributed by atoms with Gasteiger partial charge in [-0.05, 0) is 69.7 Å². The van der Waals surface area contributed by atoms with E-state index in [9.17, 15) is 0 Å². The maximum atomic E-state index is 3.51. The lowest BCUT2D eigenvalue weighted by Gasteiger charge is -2.35. The van der Waals surface area contributed by atoms with Crippen molar-refractivity contribution in [2.75, 3.05) is 23.3 Å². The minimum absolute atomic E-state index is 0.122. The first-order chi connectivity index (χ1) is 9.35. The zero-order chi connectivity index (χ0) is 14.8. The van der Waals surface area contributed by atoms with E-state index in [4.69, 9.17) is 0 Å². The first kappa shape index (κ1) is 15.2. The van der Waals surface area contributed by atoms with Crippen molar-refractivity contribution in [2.24, 2.45) is 11.8 Å². The van der Waals surface area contributed by atoms with E-state index in [1.807, 2.05) is 0 Å². The van der Waals surface area contributed by atoms with Crippen molar-refractivity contribution in [3.05, 3.63) is 24.3 Å². The number of hydrogen-bond donors (Lipinski definition) is 1. The van der Waals surface area contributed by atoms with E-state index in [1.54, 1.807) is 0 Å². The number of nitrogens with one attached hydrogen (secondary N) is 1. The maximum absolute atomic E-state index is 3.51. The Balaban J connectivity index is 1.94. The molecule has 1 aliphatic heterocycles. The second-order valence-electron chi connectivity index (χ2n) is 7.49. The Morgan fingerprint density at radius 2 is 1.60 bits per heavy atom. The molecule has 1 aromatic rings. The second kappa shape index (κ2) is 6.07. The Kier molecular flexibility index (Phi) is 4.62. The van der Waals surface area contributed by atoms with E-state index >= 15 is 0 Å². The van der Waals surface area contributed by atoms with Gasteiger partial charge in [0.25, 0.3) is 0 Å². The monoisotopic (exact) mass is 274 g/mol. The van der Waals surface area contributed by atoms with Gasteiger partial charge in [0.1, 0.15) is 0 Å². The third-order valence-electron chi connectivity index (χ3n) is 4.23. The highest BCUT2D eigenvalue weighted by atomic mass is 15.1.